The summed E-state index contributed by atoms with van der Waals surface area (Å²) in [6.07, 6.45) is 3.63. The molecule has 0 heterocycles. The van der Waals surface area contributed by atoms with E-state index in [1.807, 2.05) is 37.3 Å². The van der Waals surface area contributed by atoms with Gasteiger partial charge in [0.15, 0.2) is 0 Å². The number of rotatable bonds is 5. The number of fused-ring (bicyclic) bond motifs is 1. The predicted octanol–water partition coefficient (Wildman–Crippen LogP) is 3.96. The minimum Gasteiger partial charge on any atom is -0.493 e. The van der Waals surface area contributed by atoms with Crippen molar-refractivity contribution < 1.29 is 9.53 Å². The zero-order valence-electron chi connectivity index (χ0n) is 13.5. The van der Waals surface area contributed by atoms with E-state index in [-0.39, 0.29) is 11.9 Å². The van der Waals surface area contributed by atoms with Crippen molar-refractivity contribution in [1.82, 2.24) is 5.32 Å². The number of carbonyl (C=O) groups is 1. The highest BCUT2D eigenvalue weighted by Crippen LogP contribution is 2.29. The molecule has 0 saturated carbocycles. The summed E-state index contributed by atoms with van der Waals surface area (Å²) in [6, 6.07) is 16.4. The first-order valence-corrected chi connectivity index (χ1v) is 8.29. The molecule has 3 nitrogen and oxygen atoms in total. The second-order valence-electron chi connectivity index (χ2n) is 6.13. The smallest absolute Gasteiger partial charge is 0.223 e. The minimum absolute atomic E-state index is 0.0550. The first kappa shape index (κ1) is 15.6. The van der Waals surface area contributed by atoms with Gasteiger partial charge in [-0.05, 0) is 55.0 Å². The molecule has 1 aliphatic carbocycles. The summed E-state index contributed by atoms with van der Waals surface area (Å²) in [5, 5.41) is 3.15. The van der Waals surface area contributed by atoms with E-state index in [1.54, 1.807) is 0 Å². The van der Waals surface area contributed by atoms with Crippen LogP contribution in [0.2, 0.25) is 0 Å². The van der Waals surface area contributed by atoms with Gasteiger partial charge in [0, 0.05) is 0 Å². The monoisotopic (exact) mass is 309 g/mol. The SMILES string of the molecule is Cc1cccc(OCCC(=O)N[C@H]2CCCc3ccccc32)c1. The number of hydrogen-bond donors (Lipinski definition) is 1. The van der Waals surface area contributed by atoms with Crippen molar-refractivity contribution in [3.8, 4) is 5.75 Å². The quantitative estimate of drug-likeness (QED) is 0.908. The number of ether oxygens (including phenoxy) is 1. The summed E-state index contributed by atoms with van der Waals surface area (Å²) in [5.41, 5.74) is 3.79. The summed E-state index contributed by atoms with van der Waals surface area (Å²) in [6.45, 7) is 2.43. The first-order chi connectivity index (χ1) is 11.2. The molecule has 1 aliphatic rings. The molecule has 0 fully saturated rings. The molecule has 1 N–H and O–H groups in total. The molecular weight excluding hydrogens is 286 g/mol. The van der Waals surface area contributed by atoms with Gasteiger partial charge in [-0.1, -0.05) is 36.4 Å². The maximum atomic E-state index is 12.2. The summed E-state index contributed by atoms with van der Waals surface area (Å²) in [7, 11) is 0. The zero-order valence-corrected chi connectivity index (χ0v) is 13.5. The molecule has 0 spiro atoms. The molecule has 0 aromatic heterocycles. The normalized spacial score (nSPS) is 16.5. The van der Waals surface area contributed by atoms with Gasteiger partial charge in [-0.2, -0.15) is 0 Å². The summed E-state index contributed by atoms with van der Waals surface area (Å²) in [4.78, 5) is 12.2. The molecule has 2 aromatic carbocycles. The Balaban J connectivity index is 1.50. The Morgan fingerprint density at radius 3 is 2.96 bits per heavy atom. The van der Waals surface area contributed by atoms with Gasteiger partial charge in [-0.3, -0.25) is 4.79 Å². The molecule has 0 unspecified atom stereocenters. The van der Waals surface area contributed by atoms with E-state index in [4.69, 9.17) is 4.74 Å². The molecule has 3 heteroatoms. The lowest BCUT2D eigenvalue weighted by Crippen LogP contribution is -2.31. The second kappa shape index (κ2) is 7.32. The number of amides is 1. The van der Waals surface area contributed by atoms with E-state index < -0.39 is 0 Å². The maximum absolute atomic E-state index is 12.2. The predicted molar refractivity (Wildman–Crippen MR) is 91.6 cm³/mol. The van der Waals surface area contributed by atoms with Gasteiger partial charge in [0.1, 0.15) is 5.75 Å². The minimum atomic E-state index is 0.0550. The molecular formula is C20H23NO2. The Morgan fingerprint density at radius 1 is 1.22 bits per heavy atom. The van der Waals surface area contributed by atoms with Crippen LogP contribution in [0.4, 0.5) is 0 Å². The van der Waals surface area contributed by atoms with Crippen LogP contribution in [-0.4, -0.2) is 12.5 Å². The molecule has 0 saturated heterocycles. The Morgan fingerprint density at radius 2 is 2.09 bits per heavy atom. The summed E-state index contributed by atoms with van der Waals surface area (Å²) < 4.78 is 5.66. The largest absolute Gasteiger partial charge is 0.493 e. The lowest BCUT2D eigenvalue weighted by molar-refractivity contribution is -0.122. The van der Waals surface area contributed by atoms with E-state index in [1.165, 1.54) is 11.1 Å². The number of benzene rings is 2. The van der Waals surface area contributed by atoms with Gasteiger partial charge >= 0.3 is 0 Å². The van der Waals surface area contributed by atoms with Crippen LogP contribution >= 0.6 is 0 Å². The molecule has 1 amide bonds. The maximum Gasteiger partial charge on any atom is 0.223 e. The lowest BCUT2D eigenvalue weighted by atomic mass is 9.88. The van der Waals surface area contributed by atoms with Crippen molar-refractivity contribution in [3.63, 3.8) is 0 Å². The second-order valence-corrected chi connectivity index (χ2v) is 6.13. The lowest BCUT2D eigenvalue weighted by Gasteiger charge is -2.26. The van der Waals surface area contributed by atoms with Crippen molar-refractivity contribution in [2.75, 3.05) is 6.61 Å². The van der Waals surface area contributed by atoms with E-state index >= 15 is 0 Å². The molecule has 1 atom stereocenters. The number of aryl methyl sites for hydroxylation is 2. The van der Waals surface area contributed by atoms with Gasteiger partial charge in [0.25, 0.3) is 0 Å². The van der Waals surface area contributed by atoms with Gasteiger partial charge in [0.05, 0.1) is 19.1 Å². The standard InChI is InChI=1S/C20H23NO2/c1-15-6-4-9-17(14-15)23-13-12-20(22)21-19-11-5-8-16-7-2-3-10-18(16)19/h2-4,6-7,9-10,14,19H,5,8,11-13H2,1H3,(H,21,22)/t19-/m0/s1. The van der Waals surface area contributed by atoms with Crippen molar-refractivity contribution in [3.05, 3.63) is 65.2 Å². The number of hydrogen-bond acceptors (Lipinski definition) is 2. The third kappa shape index (κ3) is 4.13. The molecule has 0 aliphatic heterocycles. The van der Waals surface area contributed by atoms with Crippen LogP contribution in [-0.2, 0) is 11.2 Å². The highest BCUT2D eigenvalue weighted by atomic mass is 16.5. The van der Waals surface area contributed by atoms with E-state index in [0.717, 1.165) is 30.6 Å². The van der Waals surface area contributed by atoms with Crippen LogP contribution in [0.5, 0.6) is 5.75 Å². The van der Waals surface area contributed by atoms with Crippen molar-refractivity contribution in [2.24, 2.45) is 0 Å². The summed E-state index contributed by atoms with van der Waals surface area (Å²) in [5.74, 6) is 0.875. The number of carbonyl (C=O) groups excluding carboxylic acids is 1. The fourth-order valence-corrected chi connectivity index (χ4v) is 3.14. The van der Waals surface area contributed by atoms with Crippen molar-refractivity contribution in [2.45, 2.75) is 38.6 Å². The van der Waals surface area contributed by atoms with Crippen LogP contribution in [0.3, 0.4) is 0 Å². The van der Waals surface area contributed by atoms with Gasteiger partial charge in [0.2, 0.25) is 5.91 Å². The van der Waals surface area contributed by atoms with Crippen LogP contribution in [0.15, 0.2) is 48.5 Å². The van der Waals surface area contributed by atoms with E-state index in [9.17, 15) is 4.79 Å². The van der Waals surface area contributed by atoms with Gasteiger partial charge in [-0.25, -0.2) is 0 Å². The fourth-order valence-electron chi connectivity index (χ4n) is 3.14. The third-order valence-electron chi connectivity index (χ3n) is 4.29. The molecule has 3 rings (SSSR count). The zero-order chi connectivity index (χ0) is 16.1. The Bertz CT molecular complexity index is 681. The average molecular weight is 309 g/mol. The highest BCUT2D eigenvalue weighted by molar-refractivity contribution is 5.76. The van der Waals surface area contributed by atoms with Gasteiger partial charge in [-0.15, -0.1) is 0 Å². The molecule has 120 valence electrons. The van der Waals surface area contributed by atoms with Gasteiger partial charge < -0.3 is 10.1 Å². The van der Waals surface area contributed by atoms with Crippen LogP contribution < -0.4 is 10.1 Å². The number of nitrogens with one attached hydrogen (secondary N) is 1. The van der Waals surface area contributed by atoms with Crippen LogP contribution in [0, 0.1) is 6.92 Å². The Labute approximate surface area is 137 Å². The first-order valence-electron chi connectivity index (χ1n) is 8.29. The molecule has 0 radical (unpaired) electrons. The van der Waals surface area contributed by atoms with Crippen molar-refractivity contribution in [1.29, 1.82) is 0 Å². The van der Waals surface area contributed by atoms with Crippen molar-refractivity contribution >= 4 is 5.91 Å². The molecule has 2 aromatic rings. The van der Waals surface area contributed by atoms with E-state index in [2.05, 4.69) is 23.5 Å². The topological polar surface area (TPSA) is 38.3 Å². The summed E-state index contributed by atoms with van der Waals surface area (Å²) >= 11 is 0. The Hall–Kier alpha value is -2.29. The highest BCUT2D eigenvalue weighted by Gasteiger charge is 2.21. The molecule has 23 heavy (non-hydrogen) atoms. The Kier molecular flexibility index (Phi) is 4.96. The fraction of sp³-hybridized carbons (Fsp3) is 0.350. The van der Waals surface area contributed by atoms with Crippen LogP contribution in [0.25, 0.3) is 0 Å². The van der Waals surface area contributed by atoms with E-state index in [0.29, 0.717) is 13.0 Å². The average Bonchev–Trinajstić information content (AvgIpc) is 2.55. The van der Waals surface area contributed by atoms with Crippen LogP contribution in [0.1, 0.15) is 42.0 Å². The molecule has 0 bridgehead atoms. The third-order valence-corrected chi connectivity index (χ3v) is 4.29.